The van der Waals surface area contributed by atoms with E-state index in [1.807, 2.05) is 13.8 Å². The van der Waals surface area contributed by atoms with E-state index in [0.29, 0.717) is 11.3 Å². The Hall–Kier alpha value is -1.60. The van der Waals surface area contributed by atoms with E-state index in [1.165, 1.54) is 25.3 Å². The summed E-state index contributed by atoms with van der Waals surface area (Å²) in [6, 6.07) is 4.40. The number of aryl methyl sites for hydroxylation is 1. The van der Waals surface area contributed by atoms with Gasteiger partial charge in [-0.3, -0.25) is 0 Å². The largest absolute Gasteiger partial charge is 0.482 e. The molecule has 6 nitrogen and oxygen atoms in total. The van der Waals surface area contributed by atoms with Crippen LogP contribution in [0.5, 0.6) is 5.75 Å². The lowest BCUT2D eigenvalue weighted by atomic mass is 10.2. The van der Waals surface area contributed by atoms with Crippen LogP contribution in [0.15, 0.2) is 23.1 Å². The van der Waals surface area contributed by atoms with Gasteiger partial charge in [-0.2, -0.15) is 0 Å². The second kappa shape index (κ2) is 8.14. The number of carbonyl (C=O) groups excluding carboxylic acids is 1. The van der Waals surface area contributed by atoms with E-state index in [9.17, 15) is 13.2 Å². The third kappa shape index (κ3) is 5.31. The molecule has 7 heteroatoms. The fraction of sp³-hybridized carbons (Fsp3) is 0.533. The molecule has 0 fully saturated rings. The van der Waals surface area contributed by atoms with Crippen molar-refractivity contribution in [3.63, 3.8) is 0 Å². The van der Waals surface area contributed by atoms with Gasteiger partial charge in [0.1, 0.15) is 5.75 Å². The highest BCUT2D eigenvalue weighted by Crippen LogP contribution is 2.22. The Labute approximate surface area is 131 Å². The number of ether oxygens (including phenoxy) is 2. The molecule has 22 heavy (non-hydrogen) atoms. The Morgan fingerprint density at radius 1 is 1.36 bits per heavy atom. The molecule has 1 N–H and O–H groups in total. The third-order valence-electron chi connectivity index (χ3n) is 3.11. The molecule has 0 aliphatic rings. The Bertz CT molecular complexity index is 612. The maximum atomic E-state index is 12.3. The number of hydrogen-bond donors (Lipinski definition) is 1. The van der Waals surface area contributed by atoms with Gasteiger partial charge in [-0.1, -0.05) is 13.3 Å². The minimum absolute atomic E-state index is 0.120. The highest BCUT2D eigenvalue weighted by Gasteiger charge is 2.18. The van der Waals surface area contributed by atoms with Crippen molar-refractivity contribution >= 4 is 16.0 Å². The zero-order valence-electron chi connectivity index (χ0n) is 13.4. The molecule has 1 rings (SSSR count). The lowest BCUT2D eigenvalue weighted by molar-refractivity contribution is -0.142. The molecule has 1 aromatic rings. The van der Waals surface area contributed by atoms with E-state index in [2.05, 4.69) is 9.46 Å². The van der Waals surface area contributed by atoms with E-state index in [1.54, 1.807) is 6.92 Å². The van der Waals surface area contributed by atoms with Gasteiger partial charge in [0.2, 0.25) is 10.0 Å². The Morgan fingerprint density at radius 3 is 2.59 bits per heavy atom. The topological polar surface area (TPSA) is 81.7 Å². The summed E-state index contributed by atoms with van der Waals surface area (Å²) in [5.41, 5.74) is 0.634. The summed E-state index contributed by atoms with van der Waals surface area (Å²) in [6.07, 6.45) is 1.68. The molecule has 0 spiro atoms. The van der Waals surface area contributed by atoms with Gasteiger partial charge < -0.3 is 9.47 Å². The average molecular weight is 329 g/mol. The number of carbonyl (C=O) groups is 1. The minimum atomic E-state index is -3.55. The first-order chi connectivity index (χ1) is 10.3. The van der Waals surface area contributed by atoms with Gasteiger partial charge in [-0.25, -0.2) is 17.9 Å². The Morgan fingerprint density at radius 2 is 2.05 bits per heavy atom. The Balaban J connectivity index is 2.85. The lowest BCUT2D eigenvalue weighted by Crippen LogP contribution is -2.32. The van der Waals surface area contributed by atoms with Crippen molar-refractivity contribution in [2.75, 3.05) is 13.7 Å². The number of rotatable bonds is 8. The second-order valence-corrected chi connectivity index (χ2v) is 6.82. The van der Waals surface area contributed by atoms with Crippen LogP contribution in [-0.2, 0) is 19.6 Å². The first-order valence-corrected chi connectivity index (χ1v) is 8.61. The van der Waals surface area contributed by atoms with Crippen molar-refractivity contribution in [2.24, 2.45) is 0 Å². The van der Waals surface area contributed by atoms with Crippen molar-refractivity contribution in [3.8, 4) is 5.75 Å². The zero-order valence-corrected chi connectivity index (χ0v) is 14.2. The van der Waals surface area contributed by atoms with Gasteiger partial charge in [-0.15, -0.1) is 0 Å². The molecule has 0 bridgehead atoms. The SMILES string of the molecule is CCC[C@@H](C)NS(=O)(=O)c1ccc(OCC(=O)OC)c(C)c1. The van der Waals surface area contributed by atoms with E-state index in [0.717, 1.165) is 12.8 Å². The molecule has 0 aliphatic carbocycles. The third-order valence-corrected chi connectivity index (χ3v) is 4.70. The van der Waals surface area contributed by atoms with Crippen LogP contribution in [0.1, 0.15) is 32.3 Å². The van der Waals surface area contributed by atoms with Gasteiger partial charge in [-0.05, 0) is 44.0 Å². The van der Waals surface area contributed by atoms with Gasteiger partial charge >= 0.3 is 5.97 Å². The van der Waals surface area contributed by atoms with Crippen LogP contribution >= 0.6 is 0 Å². The number of nitrogens with one attached hydrogen (secondary N) is 1. The van der Waals surface area contributed by atoms with Crippen LogP contribution in [0.25, 0.3) is 0 Å². The maximum absolute atomic E-state index is 12.3. The number of esters is 1. The van der Waals surface area contributed by atoms with Crippen LogP contribution in [-0.4, -0.2) is 34.1 Å². The summed E-state index contributed by atoms with van der Waals surface area (Å²) in [7, 11) is -2.28. The van der Waals surface area contributed by atoms with Crippen molar-refractivity contribution in [3.05, 3.63) is 23.8 Å². The van der Waals surface area contributed by atoms with Crippen LogP contribution in [0.4, 0.5) is 0 Å². The molecule has 0 saturated carbocycles. The van der Waals surface area contributed by atoms with E-state index in [4.69, 9.17) is 4.74 Å². The molecule has 0 amide bonds. The van der Waals surface area contributed by atoms with E-state index >= 15 is 0 Å². The van der Waals surface area contributed by atoms with Crippen LogP contribution in [0.3, 0.4) is 0 Å². The molecular formula is C15H23NO5S. The monoisotopic (exact) mass is 329 g/mol. The highest BCUT2D eigenvalue weighted by molar-refractivity contribution is 7.89. The second-order valence-electron chi connectivity index (χ2n) is 5.10. The average Bonchev–Trinajstić information content (AvgIpc) is 2.45. The number of methoxy groups -OCH3 is 1. The molecule has 0 aromatic heterocycles. The molecule has 0 aliphatic heterocycles. The summed E-state index contributed by atoms with van der Waals surface area (Å²) < 4.78 is 36.9. The van der Waals surface area contributed by atoms with Gasteiger partial charge in [0, 0.05) is 6.04 Å². The molecule has 0 radical (unpaired) electrons. The minimum Gasteiger partial charge on any atom is -0.482 e. The molecule has 0 heterocycles. The zero-order chi connectivity index (χ0) is 16.8. The van der Waals surface area contributed by atoms with Crippen molar-refractivity contribution in [2.45, 2.75) is 44.6 Å². The first-order valence-electron chi connectivity index (χ1n) is 7.12. The number of benzene rings is 1. The predicted octanol–water partition coefficient (Wildman–Crippen LogP) is 2.01. The fourth-order valence-electron chi connectivity index (χ4n) is 1.97. The summed E-state index contributed by atoms with van der Waals surface area (Å²) in [5, 5.41) is 0. The van der Waals surface area contributed by atoms with Crippen LogP contribution < -0.4 is 9.46 Å². The molecule has 0 saturated heterocycles. The standard InChI is InChI=1S/C15H23NO5S/c1-5-6-12(3)16-22(18,19)13-7-8-14(11(2)9-13)21-10-15(17)20-4/h7-9,12,16H,5-6,10H2,1-4H3/t12-/m1/s1. The summed E-state index contributed by atoms with van der Waals surface area (Å²) in [6.45, 7) is 5.35. The summed E-state index contributed by atoms with van der Waals surface area (Å²) in [5.74, 6) is -0.0443. The van der Waals surface area contributed by atoms with Crippen molar-refractivity contribution in [1.29, 1.82) is 0 Å². The molecular weight excluding hydrogens is 306 g/mol. The van der Waals surface area contributed by atoms with Gasteiger partial charge in [0.05, 0.1) is 12.0 Å². The quantitative estimate of drug-likeness (QED) is 0.738. The maximum Gasteiger partial charge on any atom is 0.343 e. The van der Waals surface area contributed by atoms with Gasteiger partial charge in [0.25, 0.3) is 0 Å². The summed E-state index contributed by atoms with van der Waals surface area (Å²) in [4.78, 5) is 11.2. The molecule has 0 unspecified atom stereocenters. The van der Waals surface area contributed by atoms with E-state index in [-0.39, 0.29) is 17.5 Å². The fourth-order valence-corrected chi connectivity index (χ4v) is 3.33. The molecule has 1 aromatic carbocycles. The van der Waals surface area contributed by atoms with Gasteiger partial charge in [0.15, 0.2) is 6.61 Å². The molecule has 124 valence electrons. The van der Waals surface area contributed by atoms with E-state index < -0.39 is 16.0 Å². The highest BCUT2D eigenvalue weighted by atomic mass is 32.2. The van der Waals surface area contributed by atoms with Crippen molar-refractivity contribution < 1.29 is 22.7 Å². The van der Waals surface area contributed by atoms with Crippen LogP contribution in [0, 0.1) is 6.92 Å². The Kier molecular flexibility index (Phi) is 6.83. The normalized spacial score (nSPS) is 12.7. The van der Waals surface area contributed by atoms with Crippen molar-refractivity contribution in [1.82, 2.24) is 4.72 Å². The summed E-state index contributed by atoms with van der Waals surface area (Å²) >= 11 is 0. The number of hydrogen-bond acceptors (Lipinski definition) is 5. The smallest absolute Gasteiger partial charge is 0.343 e. The van der Waals surface area contributed by atoms with Crippen LogP contribution in [0.2, 0.25) is 0 Å². The lowest BCUT2D eigenvalue weighted by Gasteiger charge is -2.14. The number of sulfonamides is 1. The predicted molar refractivity (Wildman–Crippen MR) is 83.4 cm³/mol. The molecule has 1 atom stereocenters. The first kappa shape index (κ1) is 18.4.